The Kier molecular flexibility index (Phi) is 6.65. The third kappa shape index (κ3) is 4.45. The van der Waals surface area contributed by atoms with Gasteiger partial charge in [-0.05, 0) is 122 Å². The van der Waals surface area contributed by atoms with Crippen LogP contribution in [0.4, 0.5) is 34.1 Å². The Labute approximate surface area is 314 Å². The van der Waals surface area contributed by atoms with Gasteiger partial charge in [0.2, 0.25) is 0 Å². The Bertz CT molecular complexity index is 2590. The number of rotatable bonds is 3. The highest BCUT2D eigenvalue weighted by Gasteiger charge is 2.43. The van der Waals surface area contributed by atoms with Crippen LogP contribution in [-0.4, -0.2) is 0 Å². The normalized spacial score (nSPS) is 16.5. The second-order valence-corrected chi connectivity index (χ2v) is 16.7. The third-order valence-electron chi connectivity index (χ3n) is 12.6. The second kappa shape index (κ2) is 11.1. The summed E-state index contributed by atoms with van der Waals surface area (Å²) in [4.78, 5) is 4.94. The molecule has 0 fully saturated rings. The molecule has 258 valence electrons. The first-order chi connectivity index (χ1) is 25.6. The van der Waals surface area contributed by atoms with E-state index in [2.05, 4.69) is 209 Å². The van der Waals surface area contributed by atoms with Crippen LogP contribution in [0.3, 0.4) is 0 Å². The molecule has 0 spiro atoms. The summed E-state index contributed by atoms with van der Waals surface area (Å²) in [5.41, 5.74) is 20.3. The van der Waals surface area contributed by atoms with Crippen LogP contribution >= 0.6 is 0 Å². The van der Waals surface area contributed by atoms with Crippen molar-refractivity contribution in [2.45, 2.75) is 57.8 Å². The minimum Gasteiger partial charge on any atom is -0.310 e. The molecule has 2 heterocycles. The van der Waals surface area contributed by atoms with Crippen LogP contribution in [0, 0.1) is 0 Å². The van der Waals surface area contributed by atoms with E-state index in [0.717, 1.165) is 0 Å². The van der Waals surface area contributed by atoms with Crippen molar-refractivity contribution in [2.24, 2.45) is 0 Å². The van der Waals surface area contributed by atoms with Crippen LogP contribution in [0.2, 0.25) is 0 Å². The lowest BCUT2D eigenvalue weighted by Gasteiger charge is -2.43. The Morgan fingerprint density at radius 1 is 0.302 bits per heavy atom. The highest BCUT2D eigenvalue weighted by molar-refractivity contribution is 5.93. The van der Waals surface area contributed by atoms with Crippen molar-refractivity contribution in [2.75, 3.05) is 9.80 Å². The molecule has 0 aromatic heterocycles. The van der Waals surface area contributed by atoms with E-state index in [1.807, 2.05) is 0 Å². The van der Waals surface area contributed by atoms with Crippen molar-refractivity contribution >= 4 is 34.1 Å². The molecule has 0 saturated heterocycles. The van der Waals surface area contributed by atoms with Crippen LogP contribution in [0.5, 0.6) is 0 Å². The number of hydrogen-bond donors (Lipinski definition) is 0. The largest absolute Gasteiger partial charge is 0.310 e. The molecule has 2 aliphatic heterocycles. The van der Waals surface area contributed by atoms with Gasteiger partial charge in [-0.25, -0.2) is 0 Å². The highest BCUT2D eigenvalue weighted by Crippen LogP contribution is 2.58. The first-order valence-corrected chi connectivity index (χ1v) is 18.9. The van der Waals surface area contributed by atoms with Gasteiger partial charge < -0.3 is 9.80 Å². The summed E-state index contributed by atoms with van der Waals surface area (Å²) >= 11 is 0. The molecule has 53 heavy (non-hydrogen) atoms. The van der Waals surface area contributed by atoms with E-state index in [0.29, 0.717) is 0 Å². The summed E-state index contributed by atoms with van der Waals surface area (Å²) in [6.45, 7) is 14.3. The van der Waals surface area contributed by atoms with Gasteiger partial charge in [-0.3, -0.25) is 0 Å². The van der Waals surface area contributed by atoms with E-state index in [1.54, 1.807) is 0 Å². The van der Waals surface area contributed by atoms with Gasteiger partial charge in [0, 0.05) is 27.6 Å². The topological polar surface area (TPSA) is 6.48 Å². The van der Waals surface area contributed by atoms with Crippen LogP contribution in [0.15, 0.2) is 158 Å². The van der Waals surface area contributed by atoms with E-state index < -0.39 is 0 Å². The third-order valence-corrected chi connectivity index (χ3v) is 12.6. The number of benzene rings is 7. The quantitative estimate of drug-likeness (QED) is 0.183. The summed E-state index contributed by atoms with van der Waals surface area (Å²) in [5.74, 6) is 0. The van der Waals surface area contributed by atoms with E-state index >= 15 is 0 Å². The number of anilines is 6. The van der Waals surface area contributed by atoms with Crippen molar-refractivity contribution in [1.82, 2.24) is 0 Å². The molecule has 0 atom stereocenters. The van der Waals surface area contributed by atoms with Crippen molar-refractivity contribution in [3.05, 3.63) is 191 Å². The molecule has 0 N–H and O–H groups in total. The Morgan fingerprint density at radius 3 is 1.34 bits per heavy atom. The monoisotopic (exact) mass is 684 g/mol. The minimum absolute atomic E-state index is 0.0750. The smallest absolute Gasteiger partial charge is 0.0506 e. The minimum atomic E-state index is -0.237. The molecule has 7 aromatic rings. The lowest BCUT2D eigenvalue weighted by atomic mass is 9.70. The zero-order valence-electron chi connectivity index (χ0n) is 31.4. The fraction of sp³-hybridized carbons (Fsp3) is 0.176. The number of nitrogens with zero attached hydrogens (tertiary/aromatic N) is 2. The van der Waals surface area contributed by atoms with Gasteiger partial charge in [-0.1, -0.05) is 133 Å². The Morgan fingerprint density at radius 2 is 0.736 bits per heavy atom. The summed E-state index contributed by atoms with van der Waals surface area (Å²) in [7, 11) is 0. The molecular formula is C51H44N2. The molecule has 10 rings (SSSR count). The lowest BCUT2D eigenvalue weighted by molar-refractivity contribution is 0.627. The van der Waals surface area contributed by atoms with E-state index in [9.17, 15) is 0 Å². The average Bonchev–Trinajstić information content (AvgIpc) is 3.40. The maximum absolute atomic E-state index is 2.51. The number of hydrogen-bond acceptors (Lipinski definition) is 2. The zero-order chi connectivity index (χ0) is 36.3. The van der Waals surface area contributed by atoms with Crippen LogP contribution in [0.25, 0.3) is 22.3 Å². The molecular weight excluding hydrogens is 641 g/mol. The van der Waals surface area contributed by atoms with Gasteiger partial charge in [-0.15, -0.1) is 0 Å². The van der Waals surface area contributed by atoms with Crippen molar-refractivity contribution in [3.8, 4) is 22.3 Å². The molecule has 2 heteroatoms. The molecule has 0 amide bonds. The van der Waals surface area contributed by atoms with Crippen molar-refractivity contribution in [3.63, 3.8) is 0 Å². The summed E-state index contributed by atoms with van der Waals surface area (Å²) in [6, 6.07) is 58.9. The molecule has 2 nitrogen and oxygen atoms in total. The lowest BCUT2D eigenvalue weighted by Crippen LogP contribution is -2.31. The fourth-order valence-electron chi connectivity index (χ4n) is 9.70. The molecule has 1 aliphatic carbocycles. The van der Waals surface area contributed by atoms with Crippen molar-refractivity contribution < 1.29 is 0 Å². The average molecular weight is 685 g/mol. The summed E-state index contributed by atoms with van der Waals surface area (Å²) < 4.78 is 0. The van der Waals surface area contributed by atoms with E-state index in [1.165, 1.54) is 89.8 Å². The van der Waals surface area contributed by atoms with Gasteiger partial charge in [0.05, 0.1) is 22.7 Å². The maximum Gasteiger partial charge on any atom is 0.0506 e. The molecule has 0 unspecified atom stereocenters. The zero-order valence-corrected chi connectivity index (χ0v) is 31.4. The predicted octanol–water partition coefficient (Wildman–Crippen LogP) is 13.9. The van der Waals surface area contributed by atoms with Gasteiger partial charge >= 0.3 is 0 Å². The Balaban J connectivity index is 1.16. The summed E-state index contributed by atoms with van der Waals surface area (Å²) in [6.07, 6.45) is 0. The van der Waals surface area contributed by atoms with E-state index in [4.69, 9.17) is 0 Å². The van der Waals surface area contributed by atoms with Crippen molar-refractivity contribution in [1.29, 1.82) is 0 Å². The molecule has 0 bridgehead atoms. The maximum atomic E-state index is 2.51. The van der Waals surface area contributed by atoms with Gasteiger partial charge in [0.15, 0.2) is 0 Å². The standard InChI is InChI=1S/C51H44N2/c1-49(2)39-22-14-13-21-37(39)38-31-44-48(32-41(38)49)53(36-19-11-8-12-20-36)47-28-26-34(30-43(47)51(44,5)6)33-25-27-46-42(29-33)50(3,4)40-23-15-16-24-45(40)52(46)35-17-9-7-10-18-35/h7-32H,1-6H3. The molecule has 7 aromatic carbocycles. The van der Waals surface area contributed by atoms with Crippen LogP contribution < -0.4 is 9.80 Å². The van der Waals surface area contributed by atoms with Crippen LogP contribution in [0.1, 0.15) is 74.9 Å². The number of para-hydroxylation sites is 3. The fourth-order valence-corrected chi connectivity index (χ4v) is 9.70. The number of fused-ring (bicyclic) bond motifs is 7. The molecule has 0 radical (unpaired) electrons. The Hall–Kier alpha value is -5.86. The molecule has 0 saturated carbocycles. The highest BCUT2D eigenvalue weighted by atomic mass is 15.2. The predicted molar refractivity (Wildman–Crippen MR) is 223 cm³/mol. The first kappa shape index (κ1) is 31.8. The van der Waals surface area contributed by atoms with E-state index in [-0.39, 0.29) is 16.2 Å². The van der Waals surface area contributed by atoms with Gasteiger partial charge in [-0.2, -0.15) is 0 Å². The SMILES string of the molecule is CC1(C)c2ccccc2-c2cc3c(cc21)N(c1ccccc1)c1ccc(-c2ccc4c(c2)C(C)(C)c2ccccc2N4c2ccccc2)cc1C3(C)C. The van der Waals surface area contributed by atoms with Gasteiger partial charge in [0.25, 0.3) is 0 Å². The van der Waals surface area contributed by atoms with Crippen LogP contribution in [-0.2, 0) is 16.2 Å². The van der Waals surface area contributed by atoms with Gasteiger partial charge in [0.1, 0.15) is 0 Å². The second-order valence-electron chi connectivity index (χ2n) is 16.7. The molecule has 3 aliphatic rings. The first-order valence-electron chi connectivity index (χ1n) is 18.9. The summed E-state index contributed by atoms with van der Waals surface area (Å²) in [5, 5.41) is 0.